The van der Waals surface area contributed by atoms with Gasteiger partial charge < -0.3 is 10.6 Å². The molecule has 0 spiro atoms. The second-order valence-corrected chi connectivity index (χ2v) is 7.67. The van der Waals surface area contributed by atoms with Gasteiger partial charge in [0.05, 0.1) is 24.6 Å². The minimum absolute atomic E-state index is 0.0496. The molecule has 3 aromatic rings. The molecule has 15 heteroatoms. The van der Waals surface area contributed by atoms with E-state index in [0.29, 0.717) is 23.8 Å². The highest BCUT2D eigenvalue weighted by molar-refractivity contribution is 5.93. The zero-order valence-electron chi connectivity index (χ0n) is 16.9. The molecule has 4 heterocycles. The number of alkyl halides is 5. The lowest BCUT2D eigenvalue weighted by atomic mass is 9.97. The molecule has 1 fully saturated rings. The maximum absolute atomic E-state index is 13.5. The molecule has 0 saturated carbocycles. The first-order valence-corrected chi connectivity index (χ1v) is 9.61. The predicted octanol–water partition coefficient (Wildman–Crippen LogP) is 1.76. The monoisotopic (exact) mass is 473 g/mol. The van der Waals surface area contributed by atoms with E-state index in [-0.39, 0.29) is 19.4 Å². The van der Waals surface area contributed by atoms with Crippen molar-refractivity contribution in [2.24, 2.45) is 5.92 Å². The average molecular weight is 473 g/mol. The number of amides is 2. The van der Waals surface area contributed by atoms with Gasteiger partial charge in [-0.05, 0) is 34.8 Å². The molecule has 0 aliphatic carbocycles. The van der Waals surface area contributed by atoms with Gasteiger partial charge in [0.1, 0.15) is 6.04 Å². The fourth-order valence-corrected chi connectivity index (χ4v) is 3.46. The topological polar surface area (TPSA) is 127 Å². The summed E-state index contributed by atoms with van der Waals surface area (Å²) in [5.41, 5.74) is -0.393. The normalized spacial score (nSPS) is 19.2. The third-order valence-electron chi connectivity index (χ3n) is 5.06. The van der Waals surface area contributed by atoms with Crippen LogP contribution in [0.1, 0.15) is 40.8 Å². The number of nitrogens with one attached hydrogen (secondary N) is 2. The van der Waals surface area contributed by atoms with Crippen LogP contribution in [0.25, 0.3) is 5.65 Å². The van der Waals surface area contributed by atoms with Crippen molar-refractivity contribution < 1.29 is 36.2 Å². The van der Waals surface area contributed by atoms with Gasteiger partial charge in [-0.25, -0.2) is 14.1 Å². The third-order valence-corrected chi connectivity index (χ3v) is 5.06. The Balaban J connectivity index is 1.42. The molecule has 3 aromatic heterocycles. The Morgan fingerprint density at radius 1 is 1.30 bits per heavy atom. The highest BCUT2D eigenvalue weighted by atomic mass is 19.4. The third kappa shape index (κ3) is 4.75. The van der Waals surface area contributed by atoms with Crippen molar-refractivity contribution in [3.8, 4) is 0 Å². The molecule has 2 atom stereocenters. The van der Waals surface area contributed by atoms with Crippen LogP contribution in [0.4, 0.5) is 22.0 Å². The Kier molecular flexibility index (Phi) is 5.49. The summed E-state index contributed by atoms with van der Waals surface area (Å²) in [5, 5.41) is 14.7. The summed E-state index contributed by atoms with van der Waals surface area (Å²) < 4.78 is 71.0. The number of carbonyl (C=O) groups is 2. The van der Waals surface area contributed by atoms with Gasteiger partial charge in [-0.1, -0.05) is 0 Å². The lowest BCUT2D eigenvalue weighted by molar-refractivity contribution is -0.154. The van der Waals surface area contributed by atoms with Gasteiger partial charge >= 0.3 is 6.18 Å². The molecule has 2 amide bonds. The van der Waals surface area contributed by atoms with E-state index in [9.17, 15) is 31.5 Å². The average Bonchev–Trinajstić information content (AvgIpc) is 3.43. The molecule has 1 aliphatic rings. The number of rotatable bonds is 6. The second-order valence-electron chi connectivity index (χ2n) is 7.67. The summed E-state index contributed by atoms with van der Waals surface area (Å²) in [6.45, 7) is 0.393. The molecular weight excluding hydrogens is 457 g/mol. The first-order valence-electron chi connectivity index (χ1n) is 9.61. The maximum Gasteiger partial charge on any atom is 0.408 e. The van der Waals surface area contributed by atoms with Gasteiger partial charge in [0.25, 0.3) is 11.8 Å². The Hall–Kier alpha value is -3.65. The zero-order valence-corrected chi connectivity index (χ0v) is 16.9. The summed E-state index contributed by atoms with van der Waals surface area (Å²) in [7, 11) is 0. The van der Waals surface area contributed by atoms with Gasteiger partial charge in [0, 0.05) is 12.8 Å². The van der Waals surface area contributed by atoms with E-state index in [1.54, 1.807) is 6.07 Å². The molecule has 10 nitrogen and oxygen atoms in total. The highest BCUT2D eigenvalue weighted by Crippen LogP contribution is 2.31. The number of aromatic nitrogens is 5. The SMILES string of the molecule is CC(F)(F)c1nonc1C(=O)NCc1cn2ncc(CC3CC(C(F)(F)F)NC3=O)cc2n1. The van der Waals surface area contributed by atoms with Crippen molar-refractivity contribution >= 4 is 17.5 Å². The smallest absolute Gasteiger partial charge is 0.345 e. The van der Waals surface area contributed by atoms with Crippen LogP contribution in [0.2, 0.25) is 0 Å². The lowest BCUT2D eigenvalue weighted by Gasteiger charge is -2.13. The van der Waals surface area contributed by atoms with Crippen molar-refractivity contribution in [1.82, 2.24) is 35.5 Å². The quantitative estimate of drug-likeness (QED) is 0.523. The van der Waals surface area contributed by atoms with Gasteiger partial charge in [0.15, 0.2) is 11.3 Å². The predicted molar refractivity (Wildman–Crippen MR) is 97.8 cm³/mol. The van der Waals surface area contributed by atoms with E-state index in [1.165, 1.54) is 16.9 Å². The Labute approximate surface area is 181 Å². The van der Waals surface area contributed by atoms with Crippen molar-refractivity contribution in [2.45, 2.75) is 44.5 Å². The van der Waals surface area contributed by atoms with E-state index in [4.69, 9.17) is 0 Å². The minimum Gasteiger partial charge on any atom is -0.345 e. The van der Waals surface area contributed by atoms with Gasteiger partial charge in [-0.15, -0.1) is 0 Å². The number of hydrogen-bond acceptors (Lipinski definition) is 7. The number of carbonyl (C=O) groups excluding carboxylic acids is 2. The molecule has 176 valence electrons. The Morgan fingerprint density at radius 2 is 2.06 bits per heavy atom. The summed E-state index contributed by atoms with van der Waals surface area (Å²) in [6.07, 6.45) is -1.95. The number of imidazole rings is 1. The Bertz CT molecular complexity index is 1200. The molecule has 0 bridgehead atoms. The fourth-order valence-electron chi connectivity index (χ4n) is 3.46. The molecule has 0 aromatic carbocycles. The molecule has 1 aliphatic heterocycles. The molecule has 0 radical (unpaired) electrons. The second kappa shape index (κ2) is 8.04. The van der Waals surface area contributed by atoms with Crippen LogP contribution < -0.4 is 10.6 Å². The summed E-state index contributed by atoms with van der Waals surface area (Å²) >= 11 is 0. The number of halogens is 5. The van der Waals surface area contributed by atoms with Crippen molar-refractivity contribution in [1.29, 1.82) is 0 Å². The summed E-state index contributed by atoms with van der Waals surface area (Å²) in [4.78, 5) is 28.3. The number of nitrogens with zero attached hydrogens (tertiary/aromatic N) is 5. The Morgan fingerprint density at radius 3 is 2.73 bits per heavy atom. The van der Waals surface area contributed by atoms with E-state index < -0.39 is 47.3 Å². The number of hydrogen-bond donors (Lipinski definition) is 2. The molecule has 1 saturated heterocycles. The van der Waals surface area contributed by atoms with Crippen molar-refractivity contribution in [2.75, 3.05) is 0 Å². The fraction of sp³-hybridized carbons (Fsp3) is 0.444. The minimum atomic E-state index is -4.51. The van der Waals surface area contributed by atoms with Crippen LogP contribution in [0.15, 0.2) is 23.1 Å². The van der Waals surface area contributed by atoms with E-state index in [1.807, 2.05) is 5.32 Å². The van der Waals surface area contributed by atoms with Gasteiger partial charge in [0.2, 0.25) is 11.6 Å². The molecule has 4 rings (SSSR count). The van der Waals surface area contributed by atoms with Crippen molar-refractivity contribution in [3.05, 3.63) is 41.1 Å². The molecule has 2 N–H and O–H groups in total. The van der Waals surface area contributed by atoms with E-state index in [0.717, 1.165) is 0 Å². The summed E-state index contributed by atoms with van der Waals surface area (Å²) in [5.74, 6) is -5.89. The first-order chi connectivity index (χ1) is 15.4. The van der Waals surface area contributed by atoms with Crippen LogP contribution in [0.3, 0.4) is 0 Å². The molecule has 2 unspecified atom stereocenters. The van der Waals surface area contributed by atoms with Gasteiger partial charge in [-0.3, -0.25) is 9.59 Å². The number of fused-ring (bicyclic) bond motifs is 1. The maximum atomic E-state index is 13.5. The van der Waals surface area contributed by atoms with Gasteiger partial charge in [-0.2, -0.15) is 27.1 Å². The molecule has 33 heavy (non-hydrogen) atoms. The zero-order chi connectivity index (χ0) is 24.0. The first kappa shape index (κ1) is 22.5. The van der Waals surface area contributed by atoms with Crippen molar-refractivity contribution in [3.63, 3.8) is 0 Å². The summed E-state index contributed by atoms with van der Waals surface area (Å²) in [6, 6.07) is -0.314. The van der Waals surface area contributed by atoms with Crippen LogP contribution in [-0.2, 0) is 23.7 Å². The largest absolute Gasteiger partial charge is 0.408 e. The molecular formula is C18H16F5N7O3. The standard InChI is InChI=1S/C18H16F5N7O3/c1-17(19,20)14-13(28-33-29-14)16(32)24-6-10-7-30-12(26-10)3-8(5-25-30)2-9-4-11(18(21,22)23)27-15(9)31/h3,5,7,9,11H,2,4,6H2,1H3,(H,24,32)(H,27,31). The van der Waals surface area contributed by atoms with E-state index >= 15 is 0 Å². The van der Waals surface area contributed by atoms with Crippen LogP contribution in [0, 0.1) is 5.92 Å². The lowest BCUT2D eigenvalue weighted by Crippen LogP contribution is -2.38. The highest BCUT2D eigenvalue weighted by Gasteiger charge is 2.47. The van der Waals surface area contributed by atoms with Crippen LogP contribution >= 0.6 is 0 Å². The van der Waals surface area contributed by atoms with E-state index in [2.05, 4.69) is 30.3 Å². The van der Waals surface area contributed by atoms with Crippen LogP contribution in [-0.4, -0.2) is 48.9 Å². The van der Waals surface area contributed by atoms with Crippen LogP contribution in [0.5, 0.6) is 0 Å².